The first kappa shape index (κ1) is 12.5. The van der Waals surface area contributed by atoms with Crippen molar-refractivity contribution in [1.82, 2.24) is 10.6 Å². The summed E-state index contributed by atoms with van der Waals surface area (Å²) in [7, 11) is 1.59. The molecule has 0 aromatic heterocycles. The van der Waals surface area contributed by atoms with Crippen LogP contribution in [-0.4, -0.2) is 19.6 Å². The van der Waals surface area contributed by atoms with Crippen LogP contribution < -0.4 is 16.0 Å². The monoisotopic (exact) mass is 221 g/mol. The second-order valence-electron chi connectivity index (χ2n) is 3.61. The van der Waals surface area contributed by atoms with Crippen LogP contribution in [0.15, 0.2) is 24.3 Å². The fourth-order valence-electron chi connectivity index (χ4n) is 1.47. The molecule has 4 nitrogen and oxygen atoms in total. The number of rotatable bonds is 4. The quantitative estimate of drug-likeness (QED) is 0.729. The third-order valence-electron chi connectivity index (χ3n) is 2.41. The van der Waals surface area contributed by atoms with Crippen molar-refractivity contribution in [3.63, 3.8) is 0 Å². The van der Waals surface area contributed by atoms with E-state index in [0.29, 0.717) is 6.04 Å². The van der Waals surface area contributed by atoms with Crippen molar-refractivity contribution >= 4 is 11.7 Å². The van der Waals surface area contributed by atoms with Gasteiger partial charge in [0.05, 0.1) is 0 Å². The fraction of sp³-hybridized carbons (Fsp3) is 0.417. The van der Waals surface area contributed by atoms with Crippen molar-refractivity contribution in [3.05, 3.63) is 29.8 Å². The topological polar surface area (TPSA) is 53.2 Å². The number of carbonyl (C=O) groups excluding carboxylic acids is 1. The van der Waals surface area contributed by atoms with Gasteiger partial charge in [-0.3, -0.25) is 0 Å². The van der Waals surface area contributed by atoms with Gasteiger partial charge >= 0.3 is 6.03 Å². The summed E-state index contributed by atoms with van der Waals surface area (Å²) in [5.74, 6) is 0. The van der Waals surface area contributed by atoms with Crippen LogP contribution in [0.1, 0.15) is 25.5 Å². The maximum absolute atomic E-state index is 11.1. The van der Waals surface area contributed by atoms with Gasteiger partial charge in [0.1, 0.15) is 0 Å². The van der Waals surface area contributed by atoms with Crippen molar-refractivity contribution in [3.8, 4) is 0 Å². The number of anilines is 1. The second-order valence-corrected chi connectivity index (χ2v) is 3.61. The Hall–Kier alpha value is -1.55. The average molecular weight is 221 g/mol. The van der Waals surface area contributed by atoms with E-state index in [4.69, 9.17) is 0 Å². The van der Waals surface area contributed by atoms with E-state index in [-0.39, 0.29) is 6.03 Å². The van der Waals surface area contributed by atoms with Crippen molar-refractivity contribution in [2.45, 2.75) is 19.9 Å². The predicted octanol–water partition coefficient (Wildman–Crippen LogP) is 2.11. The molecular formula is C12H19N3O. The highest BCUT2D eigenvalue weighted by atomic mass is 16.2. The van der Waals surface area contributed by atoms with Crippen LogP contribution in [0, 0.1) is 0 Å². The number of urea groups is 1. The molecule has 0 saturated carbocycles. The summed E-state index contributed by atoms with van der Waals surface area (Å²) in [5.41, 5.74) is 2.01. The summed E-state index contributed by atoms with van der Waals surface area (Å²) in [4.78, 5) is 11.1. The molecule has 0 radical (unpaired) electrons. The van der Waals surface area contributed by atoms with Gasteiger partial charge in [0.2, 0.25) is 0 Å². The van der Waals surface area contributed by atoms with Gasteiger partial charge in [0.15, 0.2) is 0 Å². The molecule has 0 heterocycles. The van der Waals surface area contributed by atoms with Crippen LogP contribution in [0.2, 0.25) is 0 Å². The number of amides is 2. The largest absolute Gasteiger partial charge is 0.341 e. The smallest absolute Gasteiger partial charge is 0.318 e. The lowest BCUT2D eigenvalue weighted by molar-refractivity contribution is 0.254. The van der Waals surface area contributed by atoms with E-state index in [1.165, 1.54) is 5.56 Å². The van der Waals surface area contributed by atoms with E-state index in [1.807, 2.05) is 24.3 Å². The average Bonchev–Trinajstić information content (AvgIpc) is 2.30. The first-order valence-corrected chi connectivity index (χ1v) is 5.49. The van der Waals surface area contributed by atoms with Crippen molar-refractivity contribution in [2.24, 2.45) is 0 Å². The molecule has 1 aromatic carbocycles. The first-order chi connectivity index (χ1) is 7.67. The Morgan fingerprint density at radius 1 is 1.31 bits per heavy atom. The molecular weight excluding hydrogens is 202 g/mol. The zero-order valence-electron chi connectivity index (χ0n) is 10.0. The van der Waals surface area contributed by atoms with E-state index in [1.54, 1.807) is 7.05 Å². The van der Waals surface area contributed by atoms with E-state index < -0.39 is 0 Å². The zero-order valence-corrected chi connectivity index (χ0v) is 10.0. The Balaban J connectivity index is 2.64. The normalized spacial score (nSPS) is 11.9. The molecule has 3 N–H and O–H groups in total. The first-order valence-electron chi connectivity index (χ1n) is 5.49. The Morgan fingerprint density at radius 2 is 1.94 bits per heavy atom. The minimum Gasteiger partial charge on any atom is -0.341 e. The van der Waals surface area contributed by atoms with Crippen LogP contribution >= 0.6 is 0 Å². The minimum atomic E-state index is -0.201. The number of hydrogen-bond donors (Lipinski definition) is 3. The lowest BCUT2D eigenvalue weighted by Gasteiger charge is -2.13. The molecule has 0 bridgehead atoms. The number of nitrogens with one attached hydrogen (secondary N) is 3. The van der Waals surface area contributed by atoms with E-state index in [2.05, 4.69) is 29.8 Å². The summed E-state index contributed by atoms with van der Waals surface area (Å²) in [5, 5.41) is 8.56. The summed E-state index contributed by atoms with van der Waals surface area (Å²) in [6, 6.07) is 7.96. The fourth-order valence-corrected chi connectivity index (χ4v) is 1.47. The SMILES string of the molecule is CCNC(C)c1ccc(NC(=O)NC)cc1. The summed E-state index contributed by atoms with van der Waals surface area (Å²) < 4.78 is 0. The van der Waals surface area contributed by atoms with Gasteiger partial charge in [-0.25, -0.2) is 4.79 Å². The number of benzene rings is 1. The molecule has 0 fully saturated rings. The van der Waals surface area contributed by atoms with E-state index >= 15 is 0 Å². The highest BCUT2D eigenvalue weighted by Crippen LogP contribution is 2.15. The molecule has 0 spiro atoms. The molecule has 0 aliphatic carbocycles. The maximum atomic E-state index is 11.1. The maximum Gasteiger partial charge on any atom is 0.318 e. The second kappa shape index (κ2) is 6.12. The molecule has 0 aliphatic heterocycles. The number of carbonyl (C=O) groups is 1. The number of hydrogen-bond acceptors (Lipinski definition) is 2. The van der Waals surface area contributed by atoms with Gasteiger partial charge in [0.25, 0.3) is 0 Å². The zero-order chi connectivity index (χ0) is 12.0. The molecule has 1 atom stereocenters. The molecule has 4 heteroatoms. The van der Waals surface area contributed by atoms with Gasteiger partial charge in [-0.15, -0.1) is 0 Å². The van der Waals surface area contributed by atoms with Crippen LogP contribution in [0.25, 0.3) is 0 Å². The lowest BCUT2D eigenvalue weighted by Crippen LogP contribution is -2.24. The van der Waals surface area contributed by atoms with Crippen LogP contribution in [-0.2, 0) is 0 Å². The van der Waals surface area contributed by atoms with Crippen LogP contribution in [0.3, 0.4) is 0 Å². The van der Waals surface area contributed by atoms with Crippen LogP contribution in [0.5, 0.6) is 0 Å². The van der Waals surface area contributed by atoms with E-state index in [9.17, 15) is 4.79 Å². The lowest BCUT2D eigenvalue weighted by atomic mass is 10.1. The van der Waals surface area contributed by atoms with Crippen molar-refractivity contribution in [2.75, 3.05) is 18.9 Å². The third kappa shape index (κ3) is 3.55. The molecule has 88 valence electrons. The molecule has 2 amide bonds. The highest BCUT2D eigenvalue weighted by Gasteiger charge is 2.03. The van der Waals surface area contributed by atoms with E-state index in [0.717, 1.165) is 12.2 Å². The molecule has 0 saturated heterocycles. The Morgan fingerprint density at radius 3 is 2.44 bits per heavy atom. The minimum absolute atomic E-state index is 0.201. The van der Waals surface area contributed by atoms with Gasteiger partial charge < -0.3 is 16.0 Å². The summed E-state index contributed by atoms with van der Waals surface area (Å²) in [6.45, 7) is 5.14. The third-order valence-corrected chi connectivity index (χ3v) is 2.41. The summed E-state index contributed by atoms with van der Waals surface area (Å²) in [6.07, 6.45) is 0. The standard InChI is InChI=1S/C12H19N3O/c1-4-14-9(2)10-5-7-11(8-6-10)15-12(16)13-3/h5-9,14H,4H2,1-3H3,(H2,13,15,16). The van der Waals surface area contributed by atoms with Gasteiger partial charge in [-0.05, 0) is 31.2 Å². The van der Waals surface area contributed by atoms with Gasteiger partial charge in [0, 0.05) is 18.8 Å². The highest BCUT2D eigenvalue weighted by molar-refractivity contribution is 5.88. The molecule has 0 aliphatic rings. The van der Waals surface area contributed by atoms with Crippen molar-refractivity contribution in [1.29, 1.82) is 0 Å². The Bertz CT molecular complexity index is 335. The molecule has 1 rings (SSSR count). The van der Waals surface area contributed by atoms with Crippen molar-refractivity contribution < 1.29 is 4.79 Å². The molecule has 1 unspecified atom stereocenters. The van der Waals surface area contributed by atoms with Gasteiger partial charge in [-0.1, -0.05) is 19.1 Å². The Labute approximate surface area is 96.4 Å². The molecule has 1 aromatic rings. The van der Waals surface area contributed by atoms with Crippen LogP contribution in [0.4, 0.5) is 10.5 Å². The molecule has 16 heavy (non-hydrogen) atoms. The summed E-state index contributed by atoms with van der Waals surface area (Å²) >= 11 is 0. The Kier molecular flexibility index (Phi) is 4.79. The van der Waals surface area contributed by atoms with Gasteiger partial charge in [-0.2, -0.15) is 0 Å². The predicted molar refractivity (Wildman–Crippen MR) is 66.6 cm³/mol.